The van der Waals surface area contributed by atoms with Crippen molar-refractivity contribution in [2.45, 2.75) is 19.8 Å². The predicted octanol–water partition coefficient (Wildman–Crippen LogP) is 6.15. The minimum absolute atomic E-state index is 0.0670. The van der Waals surface area contributed by atoms with Gasteiger partial charge in [-0.25, -0.2) is 0 Å². The smallest absolute Gasteiger partial charge is 0.0328 e. The van der Waals surface area contributed by atoms with Gasteiger partial charge < -0.3 is 0 Å². The molecule has 1 aromatic rings. The summed E-state index contributed by atoms with van der Waals surface area (Å²) in [6.45, 7) is 20.1. The van der Waals surface area contributed by atoms with E-state index in [1.165, 1.54) is 5.56 Å². The molecular formula is C21H24. The van der Waals surface area contributed by atoms with Crippen LogP contribution < -0.4 is 0 Å². The lowest BCUT2D eigenvalue weighted by Gasteiger charge is -2.19. The fraction of sp³-hybridized carbons (Fsp3) is 0.143. The number of hydrogen-bond acceptors (Lipinski definition) is 0. The van der Waals surface area contributed by atoms with Crippen LogP contribution in [0.3, 0.4) is 0 Å². The van der Waals surface area contributed by atoms with Crippen LogP contribution in [0.5, 0.6) is 0 Å². The van der Waals surface area contributed by atoms with E-state index in [2.05, 4.69) is 38.4 Å². The number of benzene rings is 1. The van der Waals surface area contributed by atoms with Crippen LogP contribution in [0.25, 0.3) is 0 Å². The van der Waals surface area contributed by atoms with E-state index in [9.17, 15) is 0 Å². The molecule has 21 heavy (non-hydrogen) atoms. The Bertz CT molecular complexity index is 558. The molecule has 0 radical (unpaired) electrons. The Labute approximate surface area is 129 Å². The Morgan fingerprint density at radius 1 is 0.762 bits per heavy atom. The molecule has 0 fully saturated rings. The fourth-order valence-corrected chi connectivity index (χ4v) is 2.00. The van der Waals surface area contributed by atoms with Crippen molar-refractivity contribution in [3.63, 3.8) is 0 Å². The maximum atomic E-state index is 4.21. The third-order valence-electron chi connectivity index (χ3n) is 3.04. The third kappa shape index (κ3) is 5.66. The largest absolute Gasteiger partial charge is 0.0961 e. The lowest BCUT2D eigenvalue weighted by Crippen LogP contribution is -2.02. The van der Waals surface area contributed by atoms with Gasteiger partial charge in [-0.3, -0.25) is 0 Å². The molecule has 0 aliphatic heterocycles. The van der Waals surface area contributed by atoms with E-state index in [-0.39, 0.29) is 5.92 Å². The van der Waals surface area contributed by atoms with Crippen LogP contribution in [0.15, 0.2) is 103 Å². The van der Waals surface area contributed by atoms with Crippen molar-refractivity contribution in [1.29, 1.82) is 0 Å². The maximum absolute atomic E-state index is 4.21. The van der Waals surface area contributed by atoms with Crippen molar-refractivity contribution < 1.29 is 0 Å². The Balaban J connectivity index is 3.12. The average molecular weight is 276 g/mol. The highest BCUT2D eigenvalue weighted by atomic mass is 14.2. The minimum atomic E-state index is 0.0670. The molecule has 0 bridgehead atoms. The molecule has 0 spiro atoms. The van der Waals surface area contributed by atoms with Crippen LogP contribution in [0.4, 0.5) is 0 Å². The van der Waals surface area contributed by atoms with Gasteiger partial charge in [0.1, 0.15) is 0 Å². The van der Waals surface area contributed by atoms with Crippen molar-refractivity contribution in [1.82, 2.24) is 0 Å². The van der Waals surface area contributed by atoms with E-state index < -0.39 is 0 Å². The van der Waals surface area contributed by atoms with Crippen LogP contribution >= 0.6 is 0 Å². The normalized spacial score (nSPS) is 11.2. The fourth-order valence-electron chi connectivity index (χ4n) is 2.00. The first-order valence-corrected chi connectivity index (χ1v) is 7.01. The molecule has 0 aromatic heterocycles. The lowest BCUT2D eigenvalue weighted by molar-refractivity contribution is 0.986. The highest BCUT2D eigenvalue weighted by Gasteiger charge is 2.15. The Hall–Kier alpha value is -2.34. The monoisotopic (exact) mass is 276 g/mol. The summed E-state index contributed by atoms with van der Waals surface area (Å²) in [5, 5.41) is 0. The third-order valence-corrected chi connectivity index (χ3v) is 3.04. The van der Waals surface area contributed by atoms with Crippen LogP contribution in [-0.4, -0.2) is 0 Å². The maximum Gasteiger partial charge on any atom is 0.0328 e. The van der Waals surface area contributed by atoms with Gasteiger partial charge in [0.15, 0.2) is 0 Å². The molecule has 0 aliphatic rings. The lowest BCUT2D eigenvalue weighted by atomic mass is 9.85. The second-order valence-corrected chi connectivity index (χ2v) is 5.35. The number of allylic oxidation sites excluding steroid dienone is 8. The second-order valence-electron chi connectivity index (χ2n) is 5.35. The topological polar surface area (TPSA) is 0 Å². The van der Waals surface area contributed by atoms with Gasteiger partial charge in [-0.2, -0.15) is 0 Å². The summed E-state index contributed by atoms with van der Waals surface area (Å²) in [4.78, 5) is 0. The van der Waals surface area contributed by atoms with Gasteiger partial charge in [-0.05, 0) is 30.6 Å². The number of hydrogen-bond donors (Lipinski definition) is 0. The Kier molecular flexibility index (Phi) is 6.42. The molecule has 0 N–H and O–H groups in total. The zero-order chi connectivity index (χ0) is 15.8. The average Bonchev–Trinajstić information content (AvgIpc) is 2.44. The first-order valence-electron chi connectivity index (χ1n) is 7.01. The van der Waals surface area contributed by atoms with Crippen LogP contribution in [0.1, 0.15) is 25.3 Å². The quantitative estimate of drug-likeness (QED) is 0.524. The highest BCUT2D eigenvalue weighted by molar-refractivity contribution is 5.46. The molecule has 0 heteroatoms. The summed E-state index contributed by atoms with van der Waals surface area (Å²) in [5.41, 5.74) is 5.20. The van der Waals surface area contributed by atoms with E-state index in [0.29, 0.717) is 0 Å². The van der Waals surface area contributed by atoms with E-state index in [1.807, 2.05) is 56.4 Å². The van der Waals surface area contributed by atoms with E-state index in [4.69, 9.17) is 0 Å². The van der Waals surface area contributed by atoms with Gasteiger partial charge in [-0.15, -0.1) is 0 Å². The van der Waals surface area contributed by atoms with Crippen molar-refractivity contribution >= 4 is 0 Å². The van der Waals surface area contributed by atoms with Crippen LogP contribution in [-0.2, 0) is 0 Å². The first-order chi connectivity index (χ1) is 9.91. The molecule has 1 rings (SSSR count). The molecule has 108 valence electrons. The first kappa shape index (κ1) is 16.7. The molecule has 0 aliphatic carbocycles. The zero-order valence-corrected chi connectivity index (χ0v) is 13.1. The van der Waals surface area contributed by atoms with Gasteiger partial charge in [0.25, 0.3) is 0 Å². The SMILES string of the molecule is C=C(C)/C=C\C(=C)C(C(=C)/C=C\C(=C)C)c1ccccc1. The summed E-state index contributed by atoms with van der Waals surface area (Å²) >= 11 is 0. The van der Waals surface area contributed by atoms with Crippen LogP contribution in [0, 0.1) is 0 Å². The minimum Gasteiger partial charge on any atom is -0.0961 e. The summed E-state index contributed by atoms with van der Waals surface area (Å²) in [6, 6.07) is 10.3. The van der Waals surface area contributed by atoms with E-state index >= 15 is 0 Å². The van der Waals surface area contributed by atoms with E-state index in [1.54, 1.807) is 0 Å². The number of rotatable bonds is 7. The summed E-state index contributed by atoms with van der Waals surface area (Å²) in [5.74, 6) is 0.0670. The van der Waals surface area contributed by atoms with Crippen LogP contribution in [0.2, 0.25) is 0 Å². The second kappa shape index (κ2) is 8.06. The molecule has 1 aromatic carbocycles. The molecular weight excluding hydrogens is 252 g/mol. The van der Waals surface area contributed by atoms with Crippen molar-refractivity contribution in [2.75, 3.05) is 0 Å². The molecule has 0 unspecified atom stereocenters. The predicted molar refractivity (Wildman–Crippen MR) is 95.4 cm³/mol. The van der Waals surface area contributed by atoms with E-state index in [0.717, 1.165) is 22.3 Å². The molecule has 0 saturated heterocycles. The van der Waals surface area contributed by atoms with Gasteiger partial charge in [-0.1, -0.05) is 92.1 Å². The summed E-state index contributed by atoms with van der Waals surface area (Å²) < 4.78 is 0. The van der Waals surface area contributed by atoms with Gasteiger partial charge in [0.05, 0.1) is 0 Å². The Morgan fingerprint density at radius 2 is 1.19 bits per heavy atom. The van der Waals surface area contributed by atoms with Gasteiger partial charge in [0.2, 0.25) is 0 Å². The molecule has 0 nitrogen and oxygen atoms in total. The standard InChI is InChI=1S/C21H24/c1-16(2)12-14-18(5)21(19(6)15-13-17(3)4)20-10-8-7-9-11-20/h7-15,21H,1,3,5-6H2,2,4H3/b14-12-,15-13-. The van der Waals surface area contributed by atoms with Crippen molar-refractivity contribution in [3.8, 4) is 0 Å². The molecule has 0 atom stereocenters. The van der Waals surface area contributed by atoms with Gasteiger partial charge in [0, 0.05) is 5.92 Å². The Morgan fingerprint density at radius 3 is 1.57 bits per heavy atom. The molecule has 0 saturated carbocycles. The summed E-state index contributed by atoms with van der Waals surface area (Å²) in [7, 11) is 0. The summed E-state index contributed by atoms with van der Waals surface area (Å²) in [6.07, 6.45) is 7.99. The molecule has 0 amide bonds. The highest BCUT2D eigenvalue weighted by Crippen LogP contribution is 2.31. The van der Waals surface area contributed by atoms with Crippen molar-refractivity contribution in [2.24, 2.45) is 0 Å². The van der Waals surface area contributed by atoms with Gasteiger partial charge >= 0.3 is 0 Å². The molecule has 0 heterocycles. The zero-order valence-electron chi connectivity index (χ0n) is 13.1. The van der Waals surface area contributed by atoms with Crippen molar-refractivity contribution in [3.05, 3.63) is 109 Å².